The van der Waals surface area contributed by atoms with Gasteiger partial charge in [-0.15, -0.1) is 0 Å². The predicted octanol–water partition coefficient (Wildman–Crippen LogP) is 5.21. The van der Waals surface area contributed by atoms with Gasteiger partial charge in [0.1, 0.15) is 23.9 Å². The van der Waals surface area contributed by atoms with Crippen LogP contribution in [0.15, 0.2) is 70.4 Å². The molecule has 9 nitrogen and oxygen atoms in total. The second-order valence-electron chi connectivity index (χ2n) is 8.04. The molecule has 2 aliphatic heterocycles. The van der Waals surface area contributed by atoms with Gasteiger partial charge in [-0.25, -0.2) is 13.6 Å². The third-order valence-electron chi connectivity index (χ3n) is 4.84. The molecule has 13 heteroatoms. The maximum atomic E-state index is 13.3. The molecule has 0 saturated carbocycles. The lowest BCUT2D eigenvalue weighted by Gasteiger charge is -2.13. The van der Waals surface area contributed by atoms with Crippen LogP contribution in [-0.2, 0) is 20.8 Å². The van der Waals surface area contributed by atoms with Gasteiger partial charge in [0, 0.05) is 41.7 Å². The third kappa shape index (κ3) is 12.6. The van der Waals surface area contributed by atoms with E-state index in [0.717, 1.165) is 6.07 Å². The number of benzene rings is 2. The van der Waals surface area contributed by atoms with Crippen LogP contribution in [0.25, 0.3) is 0 Å². The van der Waals surface area contributed by atoms with E-state index in [1.807, 2.05) is 6.08 Å². The summed E-state index contributed by atoms with van der Waals surface area (Å²) in [5.41, 5.74) is 1.07. The smallest absolute Gasteiger partial charge is 0.341 e. The quantitative estimate of drug-likeness (QED) is 0.428. The first kappa shape index (κ1) is 32.1. The molecule has 2 N–H and O–H groups in total. The predicted molar refractivity (Wildman–Crippen MR) is 147 cm³/mol. The fourth-order valence-corrected chi connectivity index (χ4v) is 3.54. The second-order valence-corrected chi connectivity index (χ2v) is 8.89. The molecule has 4 rings (SSSR count). The summed E-state index contributed by atoms with van der Waals surface area (Å²) in [5.74, 6) is -2.72. The van der Waals surface area contributed by atoms with Crippen molar-refractivity contribution in [3.63, 3.8) is 0 Å². The first-order valence-electron chi connectivity index (χ1n) is 11.7. The standard InChI is InChI=1S/C13H11F2NO.C8H6Cl2O3.C6H8N2O2/c14-10-3-1-9(13(15)7-10)2-4-11-8-12(17)5-6-16-11;9-5-1-2-7(6(10)3-5)13-4-8(11)12;9-6(10)4-8-3-1-2-7-5-8/h1,3,6-8H,2,4-5H2;1-3H,4H2,(H,11,12);1,3,5H,2,4H2,(H,9,10). The van der Waals surface area contributed by atoms with Crippen LogP contribution in [0.3, 0.4) is 0 Å². The first-order chi connectivity index (χ1) is 19.0. The maximum Gasteiger partial charge on any atom is 0.341 e. The number of hydrogen-bond acceptors (Lipinski definition) is 7. The highest BCUT2D eigenvalue weighted by Crippen LogP contribution is 2.27. The van der Waals surface area contributed by atoms with E-state index < -0.39 is 30.2 Å². The molecule has 0 aliphatic carbocycles. The number of carboxylic acids is 2. The van der Waals surface area contributed by atoms with E-state index in [2.05, 4.69) is 9.98 Å². The molecular weight excluding hydrogens is 571 g/mol. The number of hydrogen-bond donors (Lipinski definition) is 2. The molecule has 0 amide bonds. The van der Waals surface area contributed by atoms with Crippen molar-refractivity contribution in [2.45, 2.75) is 19.3 Å². The van der Waals surface area contributed by atoms with Gasteiger partial charge in [0.25, 0.3) is 0 Å². The summed E-state index contributed by atoms with van der Waals surface area (Å²) >= 11 is 11.3. The number of aryl methyl sites for hydroxylation is 1. The zero-order valence-electron chi connectivity index (χ0n) is 21.0. The topological polar surface area (TPSA) is 129 Å². The van der Waals surface area contributed by atoms with Crippen LogP contribution in [0.1, 0.15) is 18.4 Å². The SMILES string of the molecule is O=C(O)CN1C=CCN=C1.O=C(O)COc1ccc(Cl)cc1Cl.O=C1C=C(CCc2ccc(F)cc2F)N=CC1. The number of carbonyl (C=O) groups excluding carboxylic acids is 1. The molecular formula is C27H25Cl2F2N3O6. The van der Waals surface area contributed by atoms with Crippen LogP contribution < -0.4 is 4.74 Å². The lowest BCUT2D eigenvalue weighted by molar-refractivity contribution is -0.139. The Morgan fingerprint density at radius 2 is 1.82 bits per heavy atom. The number of ketones is 1. The highest BCUT2D eigenvalue weighted by atomic mass is 35.5. The number of allylic oxidation sites excluding steroid dienone is 2. The lowest BCUT2D eigenvalue weighted by atomic mass is 10.1. The van der Waals surface area contributed by atoms with Crippen molar-refractivity contribution in [1.29, 1.82) is 0 Å². The van der Waals surface area contributed by atoms with Crippen molar-refractivity contribution in [3.05, 3.63) is 87.7 Å². The largest absolute Gasteiger partial charge is 0.480 e. The van der Waals surface area contributed by atoms with Gasteiger partial charge in [-0.3, -0.25) is 19.6 Å². The Labute approximate surface area is 238 Å². The zero-order valence-corrected chi connectivity index (χ0v) is 22.5. The van der Waals surface area contributed by atoms with E-state index in [1.165, 1.54) is 41.6 Å². The van der Waals surface area contributed by atoms with Crippen LogP contribution in [0, 0.1) is 11.6 Å². The van der Waals surface area contributed by atoms with E-state index in [9.17, 15) is 23.2 Å². The van der Waals surface area contributed by atoms with Gasteiger partial charge in [-0.05, 0) is 48.7 Å². The average molecular weight is 596 g/mol. The van der Waals surface area contributed by atoms with E-state index in [1.54, 1.807) is 18.5 Å². The van der Waals surface area contributed by atoms with Gasteiger partial charge >= 0.3 is 11.9 Å². The van der Waals surface area contributed by atoms with Crippen molar-refractivity contribution in [1.82, 2.24) is 4.90 Å². The molecule has 0 fully saturated rings. The molecule has 0 unspecified atom stereocenters. The Morgan fingerprint density at radius 1 is 1.05 bits per heavy atom. The molecule has 0 spiro atoms. The summed E-state index contributed by atoms with van der Waals surface area (Å²) in [6, 6.07) is 8.08. The Balaban J connectivity index is 0.000000218. The zero-order chi connectivity index (χ0) is 29.5. The summed E-state index contributed by atoms with van der Waals surface area (Å²) < 4.78 is 30.9. The summed E-state index contributed by atoms with van der Waals surface area (Å²) in [6.07, 6.45) is 9.28. The van der Waals surface area contributed by atoms with Crippen LogP contribution in [0.2, 0.25) is 10.0 Å². The number of nitrogens with zero attached hydrogens (tertiary/aromatic N) is 3. The van der Waals surface area contributed by atoms with Gasteiger partial charge in [-0.1, -0.05) is 29.3 Å². The molecule has 2 aliphatic rings. The maximum absolute atomic E-state index is 13.3. The molecule has 0 radical (unpaired) electrons. The minimum atomic E-state index is -1.05. The number of halogens is 4. The first-order valence-corrected chi connectivity index (χ1v) is 12.4. The third-order valence-corrected chi connectivity index (χ3v) is 5.37. The number of carboxylic acid groups (broad SMARTS) is 2. The average Bonchev–Trinajstić information content (AvgIpc) is 2.89. The van der Waals surface area contributed by atoms with Crippen LogP contribution in [0.5, 0.6) is 5.75 Å². The summed E-state index contributed by atoms with van der Waals surface area (Å²) in [7, 11) is 0. The van der Waals surface area contributed by atoms with Crippen LogP contribution >= 0.6 is 23.2 Å². The molecule has 0 bridgehead atoms. The molecule has 212 valence electrons. The summed E-state index contributed by atoms with van der Waals surface area (Å²) in [6.45, 7) is 0.220. The van der Waals surface area contributed by atoms with E-state index in [-0.39, 0.29) is 12.3 Å². The van der Waals surface area contributed by atoms with Crippen molar-refractivity contribution >= 4 is 53.5 Å². The Bertz CT molecular complexity index is 1320. The fourth-order valence-electron chi connectivity index (χ4n) is 3.07. The van der Waals surface area contributed by atoms with Crippen LogP contribution in [0.4, 0.5) is 8.78 Å². The highest BCUT2D eigenvalue weighted by Gasteiger charge is 2.09. The second kappa shape index (κ2) is 16.8. The normalized spacial score (nSPS) is 13.4. The summed E-state index contributed by atoms with van der Waals surface area (Å²) in [5, 5.41) is 17.4. The highest BCUT2D eigenvalue weighted by molar-refractivity contribution is 6.35. The lowest BCUT2D eigenvalue weighted by Crippen LogP contribution is -2.24. The van der Waals surface area contributed by atoms with E-state index in [4.69, 9.17) is 38.2 Å². The van der Waals surface area contributed by atoms with Crippen LogP contribution in [-0.4, -0.2) is 65.1 Å². The Kier molecular flexibility index (Phi) is 13.5. The minimum absolute atomic E-state index is 0.00887. The monoisotopic (exact) mass is 595 g/mol. The molecule has 40 heavy (non-hydrogen) atoms. The molecule has 0 aromatic heterocycles. The van der Waals surface area contributed by atoms with E-state index in [0.29, 0.717) is 52.9 Å². The molecule has 0 atom stereocenters. The van der Waals surface area contributed by atoms with Gasteiger partial charge in [0.05, 0.1) is 17.9 Å². The number of rotatable bonds is 8. The van der Waals surface area contributed by atoms with Crippen molar-refractivity contribution in [3.8, 4) is 5.75 Å². The number of aliphatic carboxylic acids is 2. The molecule has 2 aromatic rings. The van der Waals surface area contributed by atoms with Gasteiger partial charge in [0.15, 0.2) is 12.4 Å². The number of aliphatic imine (C=N–C) groups is 2. The van der Waals surface area contributed by atoms with Crippen molar-refractivity contribution in [2.75, 3.05) is 19.7 Å². The van der Waals surface area contributed by atoms with Gasteiger partial charge < -0.3 is 19.8 Å². The van der Waals surface area contributed by atoms with Crippen molar-refractivity contribution < 1.29 is 38.1 Å². The number of carbonyl (C=O) groups is 3. The Morgan fingerprint density at radius 3 is 2.42 bits per heavy atom. The Hall–Kier alpha value is -4.09. The van der Waals surface area contributed by atoms with Gasteiger partial charge in [-0.2, -0.15) is 0 Å². The molecule has 2 heterocycles. The van der Waals surface area contributed by atoms with E-state index >= 15 is 0 Å². The summed E-state index contributed by atoms with van der Waals surface area (Å²) in [4.78, 5) is 40.8. The molecule has 0 saturated heterocycles. The minimum Gasteiger partial charge on any atom is -0.480 e. The molecule has 2 aromatic carbocycles. The fraction of sp³-hybridized carbons (Fsp3) is 0.222. The van der Waals surface area contributed by atoms with Crippen molar-refractivity contribution in [2.24, 2.45) is 9.98 Å². The van der Waals surface area contributed by atoms with Gasteiger partial charge in [0.2, 0.25) is 0 Å². The number of ether oxygens (including phenoxy) is 1.